The van der Waals surface area contributed by atoms with Gasteiger partial charge >= 0.3 is 6.03 Å². The fraction of sp³-hybridized carbons (Fsp3) is 0.472. The topological polar surface area (TPSA) is 77.9 Å². The number of anilines is 1. The number of hydrogen-bond acceptors (Lipinski definition) is 6. The Kier molecular flexibility index (Phi) is 11.6. The van der Waals surface area contributed by atoms with Crippen LogP contribution >= 0.6 is 0 Å². The molecule has 0 aromatic heterocycles. The molecule has 1 unspecified atom stereocenters. The summed E-state index contributed by atoms with van der Waals surface area (Å²) in [6.45, 7) is 11.7. The number of hydrazone groups is 1. The van der Waals surface area contributed by atoms with Gasteiger partial charge in [-0.25, -0.2) is 14.2 Å². The van der Waals surface area contributed by atoms with Crippen molar-refractivity contribution in [3.05, 3.63) is 88.8 Å². The van der Waals surface area contributed by atoms with E-state index in [1.807, 2.05) is 60.6 Å². The highest BCUT2D eigenvalue weighted by atomic mass is 19.1. The van der Waals surface area contributed by atoms with Crippen LogP contribution in [0.15, 0.2) is 88.0 Å². The number of benzene rings is 1. The van der Waals surface area contributed by atoms with Crippen molar-refractivity contribution in [1.82, 2.24) is 14.7 Å². The molecular formula is C36H48FN5O4. The average Bonchev–Trinajstić information content (AvgIpc) is 3.15. The first-order valence-electron chi connectivity index (χ1n) is 16.3. The molecule has 3 heterocycles. The molecule has 9 nitrogen and oxygen atoms in total. The van der Waals surface area contributed by atoms with Gasteiger partial charge < -0.3 is 19.3 Å². The predicted molar refractivity (Wildman–Crippen MR) is 181 cm³/mol. The van der Waals surface area contributed by atoms with E-state index >= 15 is 0 Å². The van der Waals surface area contributed by atoms with E-state index in [-0.39, 0.29) is 23.9 Å². The molecule has 2 fully saturated rings. The third-order valence-electron chi connectivity index (χ3n) is 9.01. The maximum absolute atomic E-state index is 14.0. The number of likely N-dealkylation sites (tertiary alicyclic amines) is 1. The first kappa shape index (κ1) is 34.7. The van der Waals surface area contributed by atoms with Crippen LogP contribution in [0, 0.1) is 5.82 Å². The van der Waals surface area contributed by atoms with Crippen molar-refractivity contribution in [2.24, 2.45) is 5.10 Å². The Balaban J connectivity index is 0.00000235. The Hall–Kier alpha value is -4.18. The number of amides is 3. The summed E-state index contributed by atoms with van der Waals surface area (Å²) in [6, 6.07) is 6.00. The van der Waals surface area contributed by atoms with E-state index < -0.39 is 5.54 Å². The van der Waals surface area contributed by atoms with Crippen molar-refractivity contribution in [2.45, 2.75) is 71.9 Å². The van der Waals surface area contributed by atoms with Crippen molar-refractivity contribution in [1.29, 1.82) is 0 Å². The van der Waals surface area contributed by atoms with Crippen molar-refractivity contribution in [2.75, 3.05) is 45.4 Å². The molecular weight excluding hydrogens is 585 g/mol. The summed E-state index contributed by atoms with van der Waals surface area (Å²) >= 11 is 0. The summed E-state index contributed by atoms with van der Waals surface area (Å²) in [5.74, 6) is 0.280. The molecule has 3 amide bonds. The number of methoxy groups -OCH3 is 2. The SMILES string of the molecule is C/C=N\N(/C(C)=C/C(=O)N1CCC2(CC1)/C1=C/CCC3=C(C=C(OC)C=CC3OC)CN1C(=O)N2CC)c1ccc(F)cc1.CC. The van der Waals surface area contributed by atoms with Crippen molar-refractivity contribution in [3.63, 3.8) is 0 Å². The lowest BCUT2D eigenvalue weighted by molar-refractivity contribution is -0.128. The van der Waals surface area contributed by atoms with Crippen LogP contribution in [0.3, 0.4) is 0 Å². The van der Waals surface area contributed by atoms with Crippen LogP contribution < -0.4 is 5.01 Å². The zero-order chi connectivity index (χ0) is 33.4. The molecule has 0 radical (unpaired) electrons. The van der Waals surface area contributed by atoms with Gasteiger partial charge in [0.15, 0.2) is 0 Å². The summed E-state index contributed by atoms with van der Waals surface area (Å²) < 4.78 is 24.9. The lowest BCUT2D eigenvalue weighted by atomic mass is 9.82. The second kappa shape index (κ2) is 15.4. The Bertz CT molecular complexity index is 1450. The first-order valence-corrected chi connectivity index (χ1v) is 16.3. The molecule has 46 heavy (non-hydrogen) atoms. The largest absolute Gasteiger partial charge is 0.497 e. The molecule has 10 heteroatoms. The molecule has 0 bridgehead atoms. The summed E-state index contributed by atoms with van der Waals surface area (Å²) in [5, 5.41) is 6.01. The number of fused-ring (bicyclic) bond motifs is 2. The minimum absolute atomic E-state index is 0.00563. The van der Waals surface area contributed by atoms with E-state index in [1.54, 1.807) is 50.6 Å². The predicted octanol–water partition coefficient (Wildman–Crippen LogP) is 6.78. The quantitative estimate of drug-likeness (QED) is 0.188. The van der Waals surface area contributed by atoms with Gasteiger partial charge in [-0.15, -0.1) is 0 Å². The maximum Gasteiger partial charge on any atom is 0.325 e. The number of hydrogen-bond donors (Lipinski definition) is 0. The van der Waals surface area contributed by atoms with Crippen molar-refractivity contribution in [3.8, 4) is 0 Å². The second-order valence-corrected chi connectivity index (χ2v) is 11.4. The molecule has 0 saturated carbocycles. The molecule has 4 aliphatic rings. The molecule has 1 aromatic rings. The number of likely N-dealkylation sites (N-methyl/N-ethyl adjacent to an activating group) is 1. The zero-order valence-corrected chi connectivity index (χ0v) is 28.3. The van der Waals surface area contributed by atoms with E-state index in [2.05, 4.69) is 11.2 Å². The second-order valence-electron chi connectivity index (χ2n) is 11.4. The number of carbonyl (C=O) groups excluding carboxylic acids is 2. The minimum atomic E-state index is -0.469. The number of halogens is 1. The molecule has 1 spiro atoms. The van der Waals surface area contributed by atoms with Crippen LogP contribution in [0.25, 0.3) is 0 Å². The fourth-order valence-electron chi connectivity index (χ4n) is 6.85. The number of urea groups is 1. The van der Waals surface area contributed by atoms with Gasteiger partial charge in [-0.3, -0.25) is 9.69 Å². The van der Waals surface area contributed by atoms with Gasteiger partial charge in [-0.1, -0.05) is 19.9 Å². The smallest absolute Gasteiger partial charge is 0.325 e. The van der Waals surface area contributed by atoms with E-state index in [0.29, 0.717) is 50.4 Å². The molecule has 1 aromatic carbocycles. The summed E-state index contributed by atoms with van der Waals surface area (Å²) in [5.41, 5.74) is 4.05. The molecule has 1 aliphatic carbocycles. The van der Waals surface area contributed by atoms with Gasteiger partial charge in [0.1, 0.15) is 11.6 Å². The molecule has 2 saturated heterocycles. The van der Waals surface area contributed by atoms with Crippen molar-refractivity contribution >= 4 is 23.8 Å². The minimum Gasteiger partial charge on any atom is -0.497 e. The van der Waals surface area contributed by atoms with Gasteiger partial charge in [0.2, 0.25) is 5.91 Å². The van der Waals surface area contributed by atoms with Gasteiger partial charge in [0, 0.05) is 50.4 Å². The average molecular weight is 634 g/mol. The Labute approximate surface area is 273 Å². The third kappa shape index (κ3) is 6.82. The first-order chi connectivity index (χ1) is 22.3. The lowest BCUT2D eigenvalue weighted by Crippen LogP contribution is -2.54. The summed E-state index contributed by atoms with van der Waals surface area (Å²) in [4.78, 5) is 33.2. The number of allylic oxidation sites excluding steroid dienone is 3. The number of piperidine rings is 1. The Morgan fingerprint density at radius 1 is 1.17 bits per heavy atom. The van der Waals surface area contributed by atoms with E-state index in [1.165, 1.54) is 12.1 Å². The molecule has 3 aliphatic heterocycles. The van der Waals surface area contributed by atoms with E-state index in [9.17, 15) is 14.0 Å². The standard InChI is InChI=1S/C34H42FN5O4.C2H6/c1-6-36-40(27-13-11-26(35)12-14-27)24(3)21-32(41)37-19-17-34(18-20-37)31-10-8-9-29-25(23-38(31)33(42)39(34)7-2)22-28(43-4)15-16-30(29)44-5;1-2/h6,10-16,21-22,30H,7-9,17-20,23H2,1-5H3;1-2H3/b24-21+,31-10-,36-6-;. The highest BCUT2D eigenvalue weighted by molar-refractivity contribution is 5.89. The maximum atomic E-state index is 14.0. The van der Waals surface area contributed by atoms with Crippen LogP contribution in [0.4, 0.5) is 14.9 Å². The molecule has 5 rings (SSSR count). The Morgan fingerprint density at radius 2 is 1.87 bits per heavy atom. The summed E-state index contributed by atoms with van der Waals surface area (Å²) in [6.07, 6.45) is 14.1. The number of rotatable bonds is 7. The van der Waals surface area contributed by atoms with Crippen LogP contribution in [0.2, 0.25) is 0 Å². The number of carbonyl (C=O) groups is 2. The third-order valence-corrected chi connectivity index (χ3v) is 9.01. The highest BCUT2D eigenvalue weighted by Crippen LogP contribution is 2.45. The molecule has 1 atom stereocenters. The fourth-order valence-corrected chi connectivity index (χ4v) is 6.85. The zero-order valence-electron chi connectivity index (χ0n) is 28.3. The van der Waals surface area contributed by atoms with Crippen molar-refractivity contribution < 1.29 is 23.5 Å². The normalized spacial score (nSPS) is 22.3. The lowest BCUT2D eigenvalue weighted by Gasteiger charge is -2.44. The highest BCUT2D eigenvalue weighted by Gasteiger charge is 2.54. The number of nitrogens with zero attached hydrogens (tertiary/aromatic N) is 5. The molecule has 248 valence electrons. The van der Waals surface area contributed by atoms with Gasteiger partial charge in [0.25, 0.3) is 0 Å². The van der Waals surface area contributed by atoms with Gasteiger partial charge in [-0.05, 0) is 100 Å². The van der Waals surface area contributed by atoms with Crippen LogP contribution in [0.1, 0.15) is 60.3 Å². The van der Waals surface area contributed by atoms with Crippen LogP contribution in [-0.4, -0.2) is 84.9 Å². The monoisotopic (exact) mass is 633 g/mol. The number of ether oxygens (including phenoxy) is 2. The van der Waals surface area contributed by atoms with Crippen LogP contribution in [-0.2, 0) is 14.3 Å². The van der Waals surface area contributed by atoms with E-state index in [4.69, 9.17) is 9.47 Å². The summed E-state index contributed by atoms with van der Waals surface area (Å²) in [7, 11) is 3.35. The van der Waals surface area contributed by atoms with Crippen LogP contribution in [0.5, 0.6) is 0 Å². The van der Waals surface area contributed by atoms with E-state index in [0.717, 1.165) is 35.4 Å². The van der Waals surface area contributed by atoms with Gasteiger partial charge in [0.05, 0.1) is 31.0 Å². The molecule has 0 N–H and O–H groups in total. The Morgan fingerprint density at radius 3 is 2.48 bits per heavy atom. The van der Waals surface area contributed by atoms with Gasteiger partial charge in [-0.2, -0.15) is 5.10 Å².